The normalized spacial score (nSPS) is 10.4. The van der Waals surface area contributed by atoms with Gasteiger partial charge in [0.15, 0.2) is 0 Å². The molecular formula is C18H14Cl2N4O. The van der Waals surface area contributed by atoms with Crippen LogP contribution in [0.4, 0.5) is 17.2 Å². The fourth-order valence-corrected chi connectivity index (χ4v) is 2.50. The van der Waals surface area contributed by atoms with Crippen LogP contribution in [0.15, 0.2) is 54.9 Å². The van der Waals surface area contributed by atoms with E-state index in [0.717, 1.165) is 11.3 Å². The van der Waals surface area contributed by atoms with Gasteiger partial charge in [-0.1, -0.05) is 47.5 Å². The van der Waals surface area contributed by atoms with Crippen molar-refractivity contribution in [2.75, 3.05) is 10.6 Å². The van der Waals surface area contributed by atoms with Crippen LogP contribution in [0.1, 0.15) is 16.1 Å². The van der Waals surface area contributed by atoms with Gasteiger partial charge in [0.1, 0.15) is 11.5 Å². The van der Waals surface area contributed by atoms with Gasteiger partial charge in [-0.2, -0.15) is 0 Å². The molecule has 1 amide bonds. The number of hydrogen-bond acceptors (Lipinski definition) is 4. The second kappa shape index (κ2) is 7.51. The molecule has 0 aliphatic rings. The molecule has 126 valence electrons. The minimum Gasteiger partial charge on any atom is -0.338 e. The molecule has 2 aromatic carbocycles. The van der Waals surface area contributed by atoms with E-state index in [4.69, 9.17) is 23.2 Å². The van der Waals surface area contributed by atoms with Crippen molar-refractivity contribution in [2.24, 2.45) is 0 Å². The van der Waals surface area contributed by atoms with Crippen LogP contribution in [0.5, 0.6) is 0 Å². The first-order valence-electron chi connectivity index (χ1n) is 7.44. The number of hydrogen-bond donors (Lipinski definition) is 2. The van der Waals surface area contributed by atoms with E-state index < -0.39 is 0 Å². The highest BCUT2D eigenvalue weighted by Gasteiger charge is 2.10. The molecule has 1 aromatic heterocycles. The van der Waals surface area contributed by atoms with Gasteiger partial charge in [0.2, 0.25) is 0 Å². The Bertz CT molecular complexity index is 913. The number of amides is 1. The number of aromatic nitrogens is 2. The van der Waals surface area contributed by atoms with Gasteiger partial charge in [-0.25, -0.2) is 9.97 Å². The minimum atomic E-state index is -0.325. The highest BCUT2D eigenvalue weighted by molar-refractivity contribution is 6.43. The summed E-state index contributed by atoms with van der Waals surface area (Å²) >= 11 is 12.1. The lowest BCUT2D eigenvalue weighted by Gasteiger charge is -2.09. The van der Waals surface area contributed by atoms with E-state index in [1.54, 1.807) is 18.2 Å². The zero-order valence-electron chi connectivity index (χ0n) is 13.3. The number of rotatable bonds is 4. The summed E-state index contributed by atoms with van der Waals surface area (Å²) in [5.41, 5.74) is 2.53. The molecule has 0 bridgehead atoms. The first-order valence-corrected chi connectivity index (χ1v) is 8.20. The van der Waals surface area contributed by atoms with Gasteiger partial charge in [0.05, 0.1) is 28.1 Å². The molecule has 0 atom stereocenters. The monoisotopic (exact) mass is 372 g/mol. The van der Waals surface area contributed by atoms with Crippen molar-refractivity contribution >= 4 is 46.3 Å². The predicted molar refractivity (Wildman–Crippen MR) is 101 cm³/mol. The SMILES string of the molecule is Cc1ccccc1NC(=O)c1cnc(Nc2cccc(Cl)c2Cl)cn1. The second-order valence-corrected chi connectivity index (χ2v) is 6.07. The van der Waals surface area contributed by atoms with Crippen LogP contribution >= 0.6 is 23.2 Å². The van der Waals surface area contributed by atoms with E-state index in [9.17, 15) is 4.79 Å². The lowest BCUT2D eigenvalue weighted by Crippen LogP contribution is -2.15. The van der Waals surface area contributed by atoms with Gasteiger partial charge in [-0.05, 0) is 30.7 Å². The molecular weight excluding hydrogens is 359 g/mol. The van der Waals surface area contributed by atoms with Crippen LogP contribution in [-0.2, 0) is 0 Å². The number of benzene rings is 2. The van der Waals surface area contributed by atoms with Crippen molar-refractivity contribution in [3.63, 3.8) is 0 Å². The number of halogens is 2. The van der Waals surface area contributed by atoms with E-state index in [-0.39, 0.29) is 11.6 Å². The average molecular weight is 373 g/mol. The Kier molecular flexibility index (Phi) is 5.16. The van der Waals surface area contributed by atoms with E-state index in [0.29, 0.717) is 21.6 Å². The number of nitrogens with zero attached hydrogens (tertiary/aromatic N) is 2. The quantitative estimate of drug-likeness (QED) is 0.669. The summed E-state index contributed by atoms with van der Waals surface area (Å²) in [5, 5.41) is 6.66. The molecule has 0 radical (unpaired) electrons. The van der Waals surface area contributed by atoms with Gasteiger partial charge in [-0.3, -0.25) is 4.79 Å². The second-order valence-electron chi connectivity index (χ2n) is 5.28. The number of carbonyl (C=O) groups is 1. The van der Waals surface area contributed by atoms with Gasteiger partial charge in [0, 0.05) is 5.69 Å². The maximum Gasteiger partial charge on any atom is 0.275 e. The molecule has 7 heteroatoms. The van der Waals surface area contributed by atoms with Gasteiger partial charge >= 0.3 is 0 Å². The fourth-order valence-electron chi connectivity index (χ4n) is 2.15. The molecule has 0 spiro atoms. The molecule has 2 N–H and O–H groups in total. The third-order valence-electron chi connectivity index (χ3n) is 3.49. The number of nitrogens with one attached hydrogen (secondary N) is 2. The molecule has 1 heterocycles. The Morgan fingerprint density at radius 3 is 2.44 bits per heavy atom. The fraction of sp³-hybridized carbons (Fsp3) is 0.0556. The van der Waals surface area contributed by atoms with Crippen LogP contribution in [0.2, 0.25) is 10.0 Å². The maximum absolute atomic E-state index is 12.3. The molecule has 0 aliphatic carbocycles. The van der Waals surface area contributed by atoms with Crippen molar-refractivity contribution in [3.05, 3.63) is 76.2 Å². The number of anilines is 3. The third kappa shape index (κ3) is 4.07. The molecule has 25 heavy (non-hydrogen) atoms. The van der Waals surface area contributed by atoms with Crippen molar-refractivity contribution in [3.8, 4) is 0 Å². The third-order valence-corrected chi connectivity index (χ3v) is 4.31. The van der Waals surface area contributed by atoms with Gasteiger partial charge in [0.25, 0.3) is 5.91 Å². The Morgan fingerprint density at radius 1 is 0.960 bits per heavy atom. The van der Waals surface area contributed by atoms with Gasteiger partial charge in [-0.15, -0.1) is 0 Å². The van der Waals surface area contributed by atoms with Crippen molar-refractivity contribution in [1.82, 2.24) is 9.97 Å². The number of carbonyl (C=O) groups excluding carboxylic acids is 1. The summed E-state index contributed by atoms with van der Waals surface area (Å²) in [7, 11) is 0. The van der Waals surface area contributed by atoms with E-state index in [1.165, 1.54) is 12.4 Å². The van der Waals surface area contributed by atoms with E-state index in [1.807, 2.05) is 31.2 Å². The van der Waals surface area contributed by atoms with Crippen LogP contribution in [0.3, 0.4) is 0 Å². The van der Waals surface area contributed by atoms with Crippen LogP contribution in [0, 0.1) is 6.92 Å². The Labute approximate surface area is 155 Å². The van der Waals surface area contributed by atoms with Gasteiger partial charge < -0.3 is 10.6 Å². The summed E-state index contributed by atoms with van der Waals surface area (Å²) in [4.78, 5) is 20.6. The van der Waals surface area contributed by atoms with E-state index in [2.05, 4.69) is 20.6 Å². The summed E-state index contributed by atoms with van der Waals surface area (Å²) in [5.74, 6) is 0.130. The first kappa shape index (κ1) is 17.2. The number of aryl methyl sites for hydroxylation is 1. The lowest BCUT2D eigenvalue weighted by atomic mass is 10.2. The Hall–Kier alpha value is -2.63. The molecule has 0 fully saturated rings. The predicted octanol–water partition coefficient (Wildman–Crippen LogP) is 5.09. The van der Waals surface area contributed by atoms with Crippen molar-refractivity contribution in [1.29, 1.82) is 0 Å². The topological polar surface area (TPSA) is 66.9 Å². The average Bonchev–Trinajstić information content (AvgIpc) is 2.61. The summed E-state index contributed by atoms with van der Waals surface area (Å²) in [6, 6.07) is 12.8. The van der Waals surface area contributed by atoms with E-state index >= 15 is 0 Å². The first-order chi connectivity index (χ1) is 12.0. The summed E-state index contributed by atoms with van der Waals surface area (Å²) in [6.45, 7) is 1.92. The Morgan fingerprint density at radius 2 is 1.72 bits per heavy atom. The molecule has 5 nitrogen and oxygen atoms in total. The zero-order chi connectivity index (χ0) is 17.8. The minimum absolute atomic E-state index is 0.214. The molecule has 0 aliphatic heterocycles. The van der Waals surface area contributed by atoms with Crippen molar-refractivity contribution in [2.45, 2.75) is 6.92 Å². The lowest BCUT2D eigenvalue weighted by molar-refractivity contribution is 0.102. The smallest absolute Gasteiger partial charge is 0.275 e. The summed E-state index contributed by atoms with van der Waals surface area (Å²) < 4.78 is 0. The van der Waals surface area contributed by atoms with Crippen LogP contribution in [0.25, 0.3) is 0 Å². The highest BCUT2D eigenvalue weighted by Crippen LogP contribution is 2.31. The number of para-hydroxylation sites is 1. The maximum atomic E-state index is 12.3. The molecule has 0 unspecified atom stereocenters. The van der Waals surface area contributed by atoms with Crippen LogP contribution < -0.4 is 10.6 Å². The molecule has 3 aromatic rings. The Balaban J connectivity index is 1.73. The largest absolute Gasteiger partial charge is 0.338 e. The van der Waals surface area contributed by atoms with Crippen molar-refractivity contribution < 1.29 is 4.79 Å². The standard InChI is InChI=1S/C18H14Cl2N4O/c1-11-5-2-3-7-13(11)24-18(25)15-9-22-16(10-21-15)23-14-8-4-6-12(19)17(14)20/h2-10H,1H3,(H,22,23)(H,24,25). The highest BCUT2D eigenvalue weighted by atomic mass is 35.5. The van der Waals surface area contributed by atoms with Crippen LogP contribution in [-0.4, -0.2) is 15.9 Å². The summed E-state index contributed by atoms with van der Waals surface area (Å²) in [6.07, 6.45) is 2.86. The molecule has 0 saturated heterocycles. The molecule has 0 saturated carbocycles. The zero-order valence-corrected chi connectivity index (χ0v) is 14.8. The molecule has 3 rings (SSSR count).